The van der Waals surface area contributed by atoms with Crippen LogP contribution in [0.4, 0.5) is 0 Å². The van der Waals surface area contributed by atoms with Gasteiger partial charge >= 0.3 is 0 Å². The monoisotopic (exact) mass is 349 g/mol. The van der Waals surface area contributed by atoms with Crippen molar-refractivity contribution in [3.63, 3.8) is 0 Å². The lowest BCUT2D eigenvalue weighted by molar-refractivity contribution is -0.140. The van der Waals surface area contributed by atoms with Crippen molar-refractivity contribution in [2.75, 3.05) is 19.7 Å². The van der Waals surface area contributed by atoms with Crippen LogP contribution in [0.15, 0.2) is 0 Å². The molecule has 0 aromatic carbocycles. The zero-order valence-corrected chi connectivity index (χ0v) is 15.6. The predicted octanol–water partition coefficient (Wildman–Crippen LogP) is 2.07. The first-order valence-corrected chi connectivity index (χ1v) is 9.64. The number of carbonyl (C=O) groups is 1. The first kappa shape index (κ1) is 18.3. The van der Waals surface area contributed by atoms with Gasteiger partial charge in [0.25, 0.3) is 0 Å². The van der Waals surface area contributed by atoms with E-state index in [0.29, 0.717) is 23.7 Å². The molecule has 1 saturated carbocycles. The normalized spacial score (nSPS) is 30.2. The van der Waals surface area contributed by atoms with Crippen molar-refractivity contribution in [1.29, 1.82) is 0 Å². The average molecular weight is 349 g/mol. The topological polar surface area (TPSA) is 84.0 Å². The van der Waals surface area contributed by atoms with E-state index in [4.69, 9.17) is 4.74 Å². The Bertz CT molecular complexity index is 548. The Kier molecular flexibility index (Phi) is 6.04. The number of carbonyl (C=O) groups excluding carboxylic acids is 1. The number of H-pyrrole nitrogens is 1. The quantitative estimate of drug-likeness (QED) is 0.850. The van der Waals surface area contributed by atoms with Crippen LogP contribution in [-0.4, -0.2) is 57.2 Å². The van der Waals surface area contributed by atoms with Crippen LogP contribution in [0.2, 0.25) is 0 Å². The molecule has 3 rings (SSSR count). The number of aromatic nitrogens is 4. The van der Waals surface area contributed by atoms with Crippen molar-refractivity contribution in [1.82, 2.24) is 25.5 Å². The number of nitrogens with zero attached hydrogens (tertiary/aromatic N) is 4. The van der Waals surface area contributed by atoms with E-state index >= 15 is 0 Å². The molecule has 1 aliphatic heterocycles. The Labute approximate surface area is 149 Å². The van der Waals surface area contributed by atoms with Crippen molar-refractivity contribution < 1.29 is 9.53 Å². The van der Waals surface area contributed by atoms with Crippen LogP contribution < -0.4 is 0 Å². The molecule has 0 spiro atoms. The van der Waals surface area contributed by atoms with Crippen LogP contribution in [0.1, 0.15) is 52.3 Å². The van der Waals surface area contributed by atoms with Gasteiger partial charge in [0.1, 0.15) is 6.61 Å². The smallest absolute Gasteiger partial charge is 0.248 e. The highest BCUT2D eigenvalue weighted by molar-refractivity contribution is 5.77. The fourth-order valence-corrected chi connectivity index (χ4v) is 4.33. The van der Waals surface area contributed by atoms with E-state index in [-0.39, 0.29) is 18.6 Å². The maximum Gasteiger partial charge on any atom is 0.248 e. The summed E-state index contributed by atoms with van der Waals surface area (Å²) in [5, 5.41) is 14.1. The maximum atomic E-state index is 12.5. The van der Waals surface area contributed by atoms with Crippen molar-refractivity contribution in [2.24, 2.45) is 23.7 Å². The van der Waals surface area contributed by atoms with Crippen LogP contribution in [0.5, 0.6) is 0 Å². The van der Waals surface area contributed by atoms with Gasteiger partial charge in [-0.2, -0.15) is 5.21 Å². The zero-order valence-electron chi connectivity index (χ0n) is 15.6. The molecule has 7 nitrogen and oxygen atoms in total. The summed E-state index contributed by atoms with van der Waals surface area (Å²) >= 11 is 0. The molecular weight excluding hydrogens is 318 g/mol. The van der Waals surface area contributed by atoms with Gasteiger partial charge in [0, 0.05) is 19.5 Å². The van der Waals surface area contributed by atoms with Crippen molar-refractivity contribution in [3.05, 3.63) is 5.82 Å². The number of hydrogen-bond acceptors (Lipinski definition) is 5. The van der Waals surface area contributed by atoms with Crippen LogP contribution in [0.3, 0.4) is 0 Å². The molecule has 1 aromatic rings. The second kappa shape index (κ2) is 8.25. The van der Waals surface area contributed by atoms with E-state index in [9.17, 15) is 4.79 Å². The van der Waals surface area contributed by atoms with Gasteiger partial charge in [-0.05, 0) is 42.9 Å². The Morgan fingerprint density at radius 2 is 2.20 bits per heavy atom. The van der Waals surface area contributed by atoms with Crippen LogP contribution in [0, 0.1) is 23.7 Å². The number of likely N-dealkylation sites (tertiary alicyclic amines) is 1. The van der Waals surface area contributed by atoms with Crippen LogP contribution in [-0.2, 0) is 16.0 Å². The Morgan fingerprint density at radius 1 is 1.36 bits per heavy atom. The number of aromatic amines is 1. The van der Waals surface area contributed by atoms with Crippen molar-refractivity contribution in [3.8, 4) is 0 Å². The first-order chi connectivity index (χ1) is 12.0. The Hall–Kier alpha value is -1.50. The molecule has 2 aliphatic rings. The summed E-state index contributed by atoms with van der Waals surface area (Å²) in [6.45, 7) is 8.61. The summed E-state index contributed by atoms with van der Waals surface area (Å²) < 4.78 is 6.11. The molecule has 1 amide bonds. The largest absolute Gasteiger partial charge is 0.368 e. The highest BCUT2D eigenvalue weighted by Gasteiger charge is 2.33. The summed E-state index contributed by atoms with van der Waals surface area (Å²) in [6, 6.07) is 0. The summed E-state index contributed by atoms with van der Waals surface area (Å²) in [5.41, 5.74) is 0. The SMILES string of the molecule is CC1CCC(C(C)C)C(OCC(=O)N2CCC(Cc3nn[nH]n3)C2)C1. The lowest BCUT2D eigenvalue weighted by Crippen LogP contribution is -2.38. The van der Waals surface area contributed by atoms with E-state index in [1.165, 1.54) is 12.8 Å². The van der Waals surface area contributed by atoms with E-state index in [1.807, 2.05) is 4.90 Å². The lowest BCUT2D eigenvalue weighted by Gasteiger charge is -2.37. The molecule has 2 heterocycles. The average Bonchev–Trinajstić information content (AvgIpc) is 3.25. The molecule has 4 atom stereocenters. The molecule has 0 radical (unpaired) electrons. The standard InChI is InChI=1S/C18H31N5O2/c1-12(2)15-5-4-13(3)8-16(15)25-11-18(24)23-7-6-14(10-23)9-17-19-21-22-20-17/h12-16H,4-11H2,1-3H3,(H,19,20,21,22). The van der Waals surface area contributed by atoms with E-state index in [2.05, 4.69) is 41.4 Å². The molecule has 0 bridgehead atoms. The summed E-state index contributed by atoms with van der Waals surface area (Å²) in [5.74, 6) is 3.15. The summed E-state index contributed by atoms with van der Waals surface area (Å²) in [4.78, 5) is 14.5. The van der Waals surface area contributed by atoms with Crippen molar-refractivity contribution in [2.45, 2.75) is 59.0 Å². The molecule has 2 fully saturated rings. The van der Waals surface area contributed by atoms with Crippen LogP contribution in [0.25, 0.3) is 0 Å². The van der Waals surface area contributed by atoms with Gasteiger partial charge in [-0.15, -0.1) is 10.2 Å². The highest BCUT2D eigenvalue weighted by Crippen LogP contribution is 2.35. The summed E-state index contributed by atoms with van der Waals surface area (Å²) in [7, 11) is 0. The minimum atomic E-state index is 0.122. The van der Waals surface area contributed by atoms with Gasteiger partial charge in [0.05, 0.1) is 6.10 Å². The number of rotatable bonds is 6. The number of hydrogen-bond donors (Lipinski definition) is 1. The third kappa shape index (κ3) is 4.77. The van der Waals surface area contributed by atoms with Gasteiger partial charge in [-0.1, -0.05) is 32.4 Å². The number of ether oxygens (including phenoxy) is 1. The third-order valence-electron chi connectivity index (χ3n) is 5.88. The van der Waals surface area contributed by atoms with Crippen LogP contribution >= 0.6 is 0 Å². The Balaban J connectivity index is 1.45. The van der Waals surface area contributed by atoms with Gasteiger partial charge < -0.3 is 9.64 Å². The fourth-order valence-electron chi connectivity index (χ4n) is 4.33. The van der Waals surface area contributed by atoms with E-state index in [0.717, 1.165) is 38.2 Å². The molecule has 4 unspecified atom stereocenters. The summed E-state index contributed by atoms with van der Waals surface area (Å²) in [6.07, 6.45) is 5.57. The maximum absolute atomic E-state index is 12.5. The van der Waals surface area contributed by atoms with Crippen molar-refractivity contribution >= 4 is 5.91 Å². The first-order valence-electron chi connectivity index (χ1n) is 9.64. The van der Waals surface area contributed by atoms with Gasteiger partial charge in [-0.25, -0.2) is 0 Å². The molecule has 1 N–H and O–H groups in total. The second-order valence-corrected chi connectivity index (χ2v) is 8.20. The molecule has 25 heavy (non-hydrogen) atoms. The molecule has 1 aliphatic carbocycles. The molecule has 1 aromatic heterocycles. The molecule has 7 heteroatoms. The van der Waals surface area contributed by atoms with Gasteiger partial charge in [-0.3, -0.25) is 4.79 Å². The third-order valence-corrected chi connectivity index (χ3v) is 5.88. The fraction of sp³-hybridized carbons (Fsp3) is 0.889. The molecular formula is C18H31N5O2. The number of amides is 1. The number of nitrogens with one attached hydrogen (secondary N) is 1. The van der Waals surface area contributed by atoms with Gasteiger partial charge in [0.2, 0.25) is 5.91 Å². The predicted molar refractivity (Wildman–Crippen MR) is 93.7 cm³/mol. The Morgan fingerprint density at radius 3 is 2.92 bits per heavy atom. The van der Waals surface area contributed by atoms with Gasteiger partial charge in [0.15, 0.2) is 5.82 Å². The minimum Gasteiger partial charge on any atom is -0.368 e. The lowest BCUT2D eigenvalue weighted by atomic mass is 9.75. The molecule has 1 saturated heterocycles. The second-order valence-electron chi connectivity index (χ2n) is 8.20. The number of tetrazole rings is 1. The van der Waals surface area contributed by atoms with E-state index in [1.54, 1.807) is 0 Å². The van der Waals surface area contributed by atoms with E-state index < -0.39 is 0 Å². The molecule has 140 valence electrons. The minimum absolute atomic E-state index is 0.122. The highest BCUT2D eigenvalue weighted by atomic mass is 16.5. The zero-order chi connectivity index (χ0) is 17.8.